The zero-order chi connectivity index (χ0) is 13.9. The summed E-state index contributed by atoms with van der Waals surface area (Å²) in [5, 5.41) is 10.2. The van der Waals surface area contributed by atoms with Crippen LogP contribution in [-0.2, 0) is 0 Å². The van der Waals surface area contributed by atoms with E-state index in [4.69, 9.17) is 4.74 Å². The van der Waals surface area contributed by atoms with Gasteiger partial charge in [0.1, 0.15) is 11.9 Å². The molecule has 3 heteroatoms. The van der Waals surface area contributed by atoms with Gasteiger partial charge >= 0.3 is 0 Å². The number of benzene rings is 1. The highest BCUT2D eigenvalue weighted by Gasteiger charge is 2.28. The van der Waals surface area contributed by atoms with Gasteiger partial charge in [-0.3, -0.25) is 4.79 Å². The lowest BCUT2D eigenvalue weighted by molar-refractivity contribution is 0.0534. The summed E-state index contributed by atoms with van der Waals surface area (Å²) in [6.07, 6.45) is 7.19. The van der Waals surface area contributed by atoms with E-state index in [0.29, 0.717) is 11.7 Å². The maximum atomic E-state index is 12.3. The number of carbonyl (C=O) groups is 1. The molecule has 3 nitrogen and oxygen atoms in total. The van der Waals surface area contributed by atoms with Crippen LogP contribution in [0.1, 0.15) is 55.3 Å². The SMILES string of the molecule is O=C(c1ccc(OC2CC2)cc1)C(O)C1CCCCC1. The molecule has 3 rings (SSSR count). The number of hydrogen-bond acceptors (Lipinski definition) is 3. The summed E-state index contributed by atoms with van der Waals surface area (Å²) in [6, 6.07) is 7.20. The second-order valence-corrected chi connectivity index (χ2v) is 6.05. The van der Waals surface area contributed by atoms with Gasteiger partial charge in [-0.25, -0.2) is 0 Å². The number of ketones is 1. The molecule has 108 valence electrons. The van der Waals surface area contributed by atoms with Crippen LogP contribution in [0.4, 0.5) is 0 Å². The van der Waals surface area contributed by atoms with Crippen molar-refractivity contribution in [3.63, 3.8) is 0 Å². The number of ether oxygens (including phenoxy) is 1. The Kier molecular flexibility index (Phi) is 4.06. The van der Waals surface area contributed by atoms with Gasteiger partial charge in [0.2, 0.25) is 0 Å². The molecule has 0 spiro atoms. The van der Waals surface area contributed by atoms with Gasteiger partial charge in [-0.2, -0.15) is 0 Å². The summed E-state index contributed by atoms with van der Waals surface area (Å²) in [7, 11) is 0. The molecule has 0 radical (unpaired) electrons. The average Bonchev–Trinajstić information content (AvgIpc) is 3.31. The first-order chi connectivity index (χ1) is 9.74. The van der Waals surface area contributed by atoms with Crippen LogP contribution in [-0.4, -0.2) is 23.1 Å². The van der Waals surface area contributed by atoms with Crippen LogP contribution in [0.15, 0.2) is 24.3 Å². The van der Waals surface area contributed by atoms with Gasteiger partial charge in [-0.15, -0.1) is 0 Å². The average molecular weight is 274 g/mol. The molecule has 2 aliphatic rings. The second kappa shape index (κ2) is 5.96. The van der Waals surface area contributed by atoms with Crippen molar-refractivity contribution in [3.8, 4) is 5.75 Å². The molecule has 2 saturated carbocycles. The quantitative estimate of drug-likeness (QED) is 0.838. The summed E-state index contributed by atoms with van der Waals surface area (Å²) in [4.78, 5) is 12.3. The Hall–Kier alpha value is -1.35. The van der Waals surface area contributed by atoms with E-state index in [1.165, 1.54) is 6.42 Å². The number of hydrogen-bond donors (Lipinski definition) is 1. The summed E-state index contributed by atoms with van der Waals surface area (Å²) in [5.74, 6) is 0.810. The molecule has 0 bridgehead atoms. The molecule has 0 aliphatic heterocycles. The van der Waals surface area contributed by atoms with Gasteiger partial charge in [-0.05, 0) is 55.9 Å². The monoisotopic (exact) mass is 274 g/mol. The van der Waals surface area contributed by atoms with E-state index in [1.807, 2.05) is 12.1 Å². The van der Waals surface area contributed by atoms with E-state index in [9.17, 15) is 9.90 Å². The first-order valence-electron chi connectivity index (χ1n) is 7.73. The van der Waals surface area contributed by atoms with Crippen LogP contribution in [0.2, 0.25) is 0 Å². The molecule has 1 aromatic rings. The highest BCUT2D eigenvalue weighted by Crippen LogP contribution is 2.29. The molecule has 0 amide bonds. The van der Waals surface area contributed by atoms with Gasteiger partial charge in [0, 0.05) is 5.56 Å². The Balaban J connectivity index is 1.62. The van der Waals surface area contributed by atoms with Crippen molar-refractivity contribution in [2.45, 2.75) is 57.2 Å². The molecule has 0 aromatic heterocycles. The lowest BCUT2D eigenvalue weighted by atomic mass is 9.82. The molecule has 2 aliphatic carbocycles. The fourth-order valence-electron chi connectivity index (χ4n) is 2.91. The van der Waals surface area contributed by atoms with Crippen molar-refractivity contribution in [1.29, 1.82) is 0 Å². The standard InChI is InChI=1S/C17H22O3/c18-16(12-4-2-1-3-5-12)17(19)13-6-8-14(9-7-13)20-15-10-11-15/h6-9,12,15-16,18H,1-5,10-11H2. The van der Waals surface area contributed by atoms with Gasteiger partial charge in [0.25, 0.3) is 0 Å². The number of rotatable bonds is 5. The maximum absolute atomic E-state index is 12.3. The Morgan fingerprint density at radius 3 is 2.30 bits per heavy atom. The van der Waals surface area contributed by atoms with Crippen LogP contribution in [0.3, 0.4) is 0 Å². The molecular weight excluding hydrogens is 252 g/mol. The van der Waals surface area contributed by atoms with E-state index >= 15 is 0 Å². The number of Topliss-reactive ketones (excluding diaryl/α,β-unsaturated/α-hetero) is 1. The topological polar surface area (TPSA) is 46.5 Å². The predicted octanol–water partition coefficient (Wildman–Crippen LogP) is 3.35. The second-order valence-electron chi connectivity index (χ2n) is 6.05. The van der Waals surface area contributed by atoms with Crippen LogP contribution < -0.4 is 4.74 Å². The first-order valence-corrected chi connectivity index (χ1v) is 7.73. The van der Waals surface area contributed by atoms with Crippen LogP contribution in [0, 0.1) is 5.92 Å². The van der Waals surface area contributed by atoms with Gasteiger partial charge in [-0.1, -0.05) is 19.3 Å². The predicted molar refractivity (Wildman–Crippen MR) is 77.0 cm³/mol. The molecular formula is C17H22O3. The van der Waals surface area contributed by atoms with Crippen molar-refractivity contribution in [2.75, 3.05) is 0 Å². The smallest absolute Gasteiger partial charge is 0.191 e. The third-order valence-electron chi connectivity index (χ3n) is 4.33. The van der Waals surface area contributed by atoms with Gasteiger partial charge < -0.3 is 9.84 Å². The Bertz CT molecular complexity index is 456. The minimum atomic E-state index is -0.842. The van der Waals surface area contributed by atoms with Crippen molar-refractivity contribution >= 4 is 5.78 Å². The van der Waals surface area contributed by atoms with Crippen LogP contribution >= 0.6 is 0 Å². The molecule has 1 unspecified atom stereocenters. The summed E-state index contributed by atoms with van der Waals surface area (Å²) in [6.45, 7) is 0. The lowest BCUT2D eigenvalue weighted by Gasteiger charge is -2.25. The van der Waals surface area contributed by atoms with E-state index in [-0.39, 0.29) is 11.7 Å². The summed E-state index contributed by atoms with van der Waals surface area (Å²) < 4.78 is 5.66. The van der Waals surface area contributed by atoms with Gasteiger partial charge in [0.15, 0.2) is 5.78 Å². The third-order valence-corrected chi connectivity index (χ3v) is 4.33. The molecule has 20 heavy (non-hydrogen) atoms. The van der Waals surface area contributed by atoms with Crippen molar-refractivity contribution in [3.05, 3.63) is 29.8 Å². The fraction of sp³-hybridized carbons (Fsp3) is 0.588. The molecule has 2 fully saturated rings. The van der Waals surface area contributed by atoms with E-state index in [2.05, 4.69) is 0 Å². The van der Waals surface area contributed by atoms with Crippen molar-refractivity contribution < 1.29 is 14.6 Å². The molecule has 0 heterocycles. The highest BCUT2D eigenvalue weighted by molar-refractivity contribution is 5.99. The van der Waals surface area contributed by atoms with Crippen LogP contribution in [0.25, 0.3) is 0 Å². The molecule has 0 saturated heterocycles. The van der Waals surface area contributed by atoms with Crippen molar-refractivity contribution in [2.24, 2.45) is 5.92 Å². The fourth-order valence-corrected chi connectivity index (χ4v) is 2.91. The first kappa shape index (κ1) is 13.6. The van der Waals surface area contributed by atoms with Gasteiger partial charge in [0.05, 0.1) is 6.10 Å². The van der Waals surface area contributed by atoms with Crippen molar-refractivity contribution in [1.82, 2.24) is 0 Å². The zero-order valence-corrected chi connectivity index (χ0v) is 11.8. The largest absolute Gasteiger partial charge is 0.490 e. The minimum absolute atomic E-state index is 0.138. The molecule has 1 aromatic carbocycles. The Morgan fingerprint density at radius 1 is 1.05 bits per heavy atom. The number of carbonyl (C=O) groups excluding carboxylic acids is 1. The third kappa shape index (κ3) is 3.21. The molecule has 1 atom stereocenters. The minimum Gasteiger partial charge on any atom is -0.490 e. The lowest BCUT2D eigenvalue weighted by Crippen LogP contribution is -2.31. The highest BCUT2D eigenvalue weighted by atomic mass is 16.5. The number of aliphatic hydroxyl groups excluding tert-OH is 1. The maximum Gasteiger partial charge on any atom is 0.191 e. The van der Waals surface area contributed by atoms with Crippen LogP contribution in [0.5, 0.6) is 5.75 Å². The Morgan fingerprint density at radius 2 is 1.70 bits per heavy atom. The van der Waals surface area contributed by atoms with E-state index in [0.717, 1.165) is 44.3 Å². The Labute approximate surface area is 120 Å². The molecule has 1 N–H and O–H groups in total. The summed E-state index contributed by atoms with van der Waals surface area (Å²) >= 11 is 0. The number of aliphatic hydroxyl groups is 1. The van der Waals surface area contributed by atoms with E-state index < -0.39 is 6.10 Å². The normalized spacial score (nSPS) is 21.4. The van der Waals surface area contributed by atoms with E-state index in [1.54, 1.807) is 12.1 Å². The zero-order valence-electron chi connectivity index (χ0n) is 11.8. The summed E-state index contributed by atoms with van der Waals surface area (Å²) in [5.41, 5.74) is 0.589.